The van der Waals surface area contributed by atoms with Gasteiger partial charge in [-0.3, -0.25) is 9.59 Å². The Morgan fingerprint density at radius 1 is 1.18 bits per heavy atom. The number of nitrogens with zero attached hydrogens (tertiary/aromatic N) is 1. The summed E-state index contributed by atoms with van der Waals surface area (Å²) in [6.45, 7) is 2.74. The molecule has 0 aliphatic rings. The van der Waals surface area contributed by atoms with Gasteiger partial charge >= 0.3 is 5.97 Å². The number of rotatable bonds is 7. The molecule has 1 amide bonds. The van der Waals surface area contributed by atoms with Crippen LogP contribution in [0.1, 0.15) is 34.7 Å². The lowest BCUT2D eigenvalue weighted by Crippen LogP contribution is -2.30. The molecule has 0 saturated carbocycles. The van der Waals surface area contributed by atoms with Crippen molar-refractivity contribution in [3.8, 4) is 0 Å². The molecule has 0 spiro atoms. The Morgan fingerprint density at radius 2 is 1.86 bits per heavy atom. The Kier molecular flexibility index (Phi) is 6.37. The van der Waals surface area contributed by atoms with Gasteiger partial charge in [-0.2, -0.15) is 0 Å². The zero-order chi connectivity index (χ0) is 21.1. The van der Waals surface area contributed by atoms with E-state index in [4.69, 9.17) is 4.74 Å². The van der Waals surface area contributed by atoms with E-state index in [1.54, 1.807) is 0 Å². The van der Waals surface area contributed by atoms with E-state index < -0.39 is 28.0 Å². The number of hydrogen-bond acceptors (Lipinski definition) is 6. The summed E-state index contributed by atoms with van der Waals surface area (Å²) in [6.07, 6.45) is 0.228. The molecule has 10 heteroatoms. The minimum absolute atomic E-state index is 0.0168. The number of esters is 1. The highest BCUT2D eigenvalue weighted by atomic mass is 32.2. The normalized spacial score (nSPS) is 12.5. The molecule has 0 radical (unpaired) electrons. The van der Waals surface area contributed by atoms with Crippen molar-refractivity contribution in [2.75, 3.05) is 19.4 Å². The molecular weight excluding hydrogens is 386 g/mol. The van der Waals surface area contributed by atoms with E-state index in [0.717, 1.165) is 4.31 Å². The van der Waals surface area contributed by atoms with Crippen LogP contribution in [0.5, 0.6) is 0 Å². The molecule has 0 saturated heterocycles. The third-order valence-corrected chi connectivity index (χ3v) is 5.65. The summed E-state index contributed by atoms with van der Waals surface area (Å²) in [5.41, 5.74) is 0.612. The fourth-order valence-corrected chi connectivity index (χ4v) is 3.13. The van der Waals surface area contributed by atoms with Crippen LogP contribution in [-0.4, -0.2) is 55.6 Å². The number of hydrogen-bond donors (Lipinski definition) is 2. The van der Waals surface area contributed by atoms with Crippen LogP contribution in [0.2, 0.25) is 0 Å². The first-order valence-corrected chi connectivity index (χ1v) is 9.70. The molecule has 2 rings (SSSR count). The predicted molar refractivity (Wildman–Crippen MR) is 102 cm³/mol. The van der Waals surface area contributed by atoms with Crippen LogP contribution in [0.4, 0.5) is 5.69 Å². The Morgan fingerprint density at radius 3 is 2.43 bits per heavy atom. The van der Waals surface area contributed by atoms with Crippen LogP contribution < -0.4 is 5.32 Å². The van der Waals surface area contributed by atoms with Crippen molar-refractivity contribution in [2.45, 2.75) is 24.8 Å². The van der Waals surface area contributed by atoms with Crippen LogP contribution in [-0.2, 0) is 19.6 Å². The lowest BCUT2D eigenvalue weighted by molar-refractivity contribution is -0.123. The summed E-state index contributed by atoms with van der Waals surface area (Å²) in [6, 6.07) is 7.07. The number of Topliss-reactive ketones (excluding diaryl/α,β-unsaturated/α-hetero) is 1. The van der Waals surface area contributed by atoms with Crippen LogP contribution in [0.3, 0.4) is 0 Å². The van der Waals surface area contributed by atoms with Gasteiger partial charge in [-0.1, -0.05) is 6.07 Å². The van der Waals surface area contributed by atoms with Crippen LogP contribution in [0, 0.1) is 0 Å². The number of nitrogens with one attached hydrogen (secondary N) is 2. The Bertz CT molecular complexity index is 1010. The summed E-state index contributed by atoms with van der Waals surface area (Å²) in [7, 11) is -0.844. The molecule has 1 aromatic heterocycles. The molecule has 0 fully saturated rings. The summed E-state index contributed by atoms with van der Waals surface area (Å²) >= 11 is 0. The maximum absolute atomic E-state index is 12.3. The Hall–Kier alpha value is -2.98. The average Bonchev–Trinajstić information content (AvgIpc) is 3.12. The predicted octanol–water partition coefficient (Wildman–Crippen LogP) is 1.65. The molecule has 2 aromatic rings. The highest BCUT2D eigenvalue weighted by Gasteiger charge is 2.22. The second kappa shape index (κ2) is 8.36. The van der Waals surface area contributed by atoms with E-state index in [0.29, 0.717) is 5.56 Å². The number of sulfonamides is 1. The van der Waals surface area contributed by atoms with Crippen LogP contribution in [0.25, 0.3) is 0 Å². The number of carbonyl (C=O) groups is 3. The van der Waals surface area contributed by atoms with Gasteiger partial charge in [0.05, 0.1) is 4.90 Å². The number of amides is 1. The molecule has 9 nitrogen and oxygen atoms in total. The number of aromatic amines is 1. The third kappa shape index (κ3) is 4.84. The van der Waals surface area contributed by atoms with Gasteiger partial charge in [0, 0.05) is 31.5 Å². The van der Waals surface area contributed by atoms with E-state index in [1.165, 1.54) is 64.5 Å². The quantitative estimate of drug-likeness (QED) is 0.531. The number of H-pyrrole nitrogens is 1. The zero-order valence-corrected chi connectivity index (χ0v) is 16.7. The van der Waals surface area contributed by atoms with Gasteiger partial charge in [0.15, 0.2) is 11.9 Å². The Labute approximate surface area is 162 Å². The van der Waals surface area contributed by atoms with Crippen molar-refractivity contribution in [3.63, 3.8) is 0 Å². The molecule has 0 bridgehead atoms. The highest BCUT2D eigenvalue weighted by molar-refractivity contribution is 7.89. The van der Waals surface area contributed by atoms with Crippen molar-refractivity contribution < 1.29 is 27.5 Å². The second-order valence-electron chi connectivity index (χ2n) is 6.21. The van der Waals surface area contributed by atoms with Gasteiger partial charge in [0.25, 0.3) is 5.91 Å². The molecule has 2 N–H and O–H groups in total. The van der Waals surface area contributed by atoms with Gasteiger partial charge in [0.2, 0.25) is 10.0 Å². The van der Waals surface area contributed by atoms with Crippen molar-refractivity contribution in [1.29, 1.82) is 0 Å². The molecule has 150 valence electrons. The maximum atomic E-state index is 12.3. The lowest BCUT2D eigenvalue weighted by Gasteiger charge is -2.15. The van der Waals surface area contributed by atoms with Crippen molar-refractivity contribution in [2.24, 2.45) is 0 Å². The SMILES string of the molecule is CC(=O)c1c[nH]c(C(=O)O[C@@H](C)C(=O)Nc2cccc(S(=O)(=O)N(C)C)c2)c1. The summed E-state index contributed by atoms with van der Waals surface area (Å²) < 4.78 is 30.5. The molecule has 1 atom stereocenters. The van der Waals surface area contributed by atoms with Crippen LogP contribution >= 0.6 is 0 Å². The standard InChI is InChI=1S/C18H21N3O6S/c1-11(22)13-8-16(19-10-13)18(24)27-12(2)17(23)20-14-6-5-7-15(9-14)28(25,26)21(3)4/h5-10,12,19H,1-4H3,(H,20,23)/t12-/m0/s1. The average molecular weight is 407 g/mol. The number of benzene rings is 1. The van der Waals surface area contributed by atoms with Crippen LogP contribution in [0.15, 0.2) is 41.4 Å². The minimum Gasteiger partial charge on any atom is -0.448 e. The molecular formula is C18H21N3O6S. The van der Waals surface area contributed by atoms with Gasteiger partial charge in [-0.15, -0.1) is 0 Å². The largest absolute Gasteiger partial charge is 0.448 e. The minimum atomic E-state index is -3.65. The van der Waals surface area contributed by atoms with E-state index in [1.807, 2.05) is 0 Å². The smallest absolute Gasteiger partial charge is 0.355 e. The first-order chi connectivity index (χ1) is 13.0. The van der Waals surface area contributed by atoms with Gasteiger partial charge in [0.1, 0.15) is 5.69 Å². The van der Waals surface area contributed by atoms with E-state index >= 15 is 0 Å². The number of ether oxygens (including phenoxy) is 1. The molecule has 0 aliphatic carbocycles. The van der Waals surface area contributed by atoms with E-state index in [9.17, 15) is 22.8 Å². The fourth-order valence-electron chi connectivity index (χ4n) is 2.18. The lowest BCUT2D eigenvalue weighted by atomic mass is 10.2. The molecule has 28 heavy (non-hydrogen) atoms. The van der Waals surface area contributed by atoms with E-state index in [-0.39, 0.29) is 22.1 Å². The monoisotopic (exact) mass is 407 g/mol. The fraction of sp³-hybridized carbons (Fsp3) is 0.278. The number of ketones is 1. The van der Waals surface area contributed by atoms with Crippen molar-refractivity contribution in [1.82, 2.24) is 9.29 Å². The molecule has 0 aliphatic heterocycles. The summed E-state index contributed by atoms with van der Waals surface area (Å²) in [5.74, 6) is -1.64. The van der Waals surface area contributed by atoms with Crippen molar-refractivity contribution >= 4 is 33.4 Å². The third-order valence-electron chi connectivity index (χ3n) is 3.84. The zero-order valence-electron chi connectivity index (χ0n) is 15.8. The number of aromatic nitrogens is 1. The molecule has 1 aromatic carbocycles. The first kappa shape index (κ1) is 21.3. The molecule has 0 unspecified atom stereocenters. The number of anilines is 1. The van der Waals surface area contributed by atoms with Gasteiger partial charge in [-0.25, -0.2) is 17.5 Å². The highest BCUT2D eigenvalue weighted by Crippen LogP contribution is 2.18. The number of carbonyl (C=O) groups excluding carboxylic acids is 3. The maximum Gasteiger partial charge on any atom is 0.355 e. The summed E-state index contributed by atoms with van der Waals surface area (Å²) in [5, 5.41) is 2.51. The van der Waals surface area contributed by atoms with Gasteiger partial charge in [-0.05, 0) is 38.1 Å². The topological polar surface area (TPSA) is 126 Å². The van der Waals surface area contributed by atoms with E-state index in [2.05, 4.69) is 10.3 Å². The first-order valence-electron chi connectivity index (χ1n) is 8.26. The molecule has 1 heterocycles. The van der Waals surface area contributed by atoms with Gasteiger partial charge < -0.3 is 15.0 Å². The second-order valence-corrected chi connectivity index (χ2v) is 8.36. The van der Waals surface area contributed by atoms with Crippen molar-refractivity contribution in [3.05, 3.63) is 47.8 Å². The Balaban J connectivity index is 2.06. The summed E-state index contributed by atoms with van der Waals surface area (Å²) in [4.78, 5) is 38.3.